The summed E-state index contributed by atoms with van der Waals surface area (Å²) in [6.45, 7) is 1.57. The Morgan fingerprint density at radius 3 is 2.60 bits per heavy atom. The van der Waals surface area contributed by atoms with E-state index in [4.69, 9.17) is 21.8 Å². The first-order chi connectivity index (χ1) is 7.22. The molecule has 0 fully saturated rings. The molecule has 0 aliphatic rings. The first-order valence-electron chi connectivity index (χ1n) is 4.70. The second-order valence-electron chi connectivity index (χ2n) is 3.04. The van der Waals surface area contributed by atoms with E-state index in [1.807, 2.05) is 6.92 Å². The summed E-state index contributed by atoms with van der Waals surface area (Å²) in [5.41, 5.74) is 0.740. The van der Waals surface area contributed by atoms with Crippen molar-refractivity contribution in [3.63, 3.8) is 0 Å². The van der Waals surface area contributed by atoms with Crippen LogP contribution in [0.2, 0.25) is 5.02 Å². The van der Waals surface area contributed by atoms with E-state index in [0.29, 0.717) is 17.3 Å². The Balaban J connectivity index is 2.85. The number of nitrogens with zero attached hydrogens (tertiary/aromatic N) is 2. The van der Waals surface area contributed by atoms with Gasteiger partial charge in [0.25, 0.3) is 0 Å². The maximum Gasteiger partial charge on any atom is 0.148 e. The van der Waals surface area contributed by atoms with Gasteiger partial charge in [0.2, 0.25) is 0 Å². The highest BCUT2D eigenvalue weighted by Crippen LogP contribution is 2.22. The van der Waals surface area contributed by atoms with Crippen LogP contribution in [0.4, 0.5) is 5.82 Å². The number of hydrogen-bond donors (Lipinski definition) is 3. The van der Waals surface area contributed by atoms with Crippen LogP contribution in [0.5, 0.6) is 0 Å². The summed E-state index contributed by atoms with van der Waals surface area (Å²) in [5, 5.41) is 21.1. The fourth-order valence-corrected chi connectivity index (χ4v) is 1.38. The molecule has 84 valence electrons. The average Bonchev–Trinajstić information content (AvgIpc) is 2.28. The molecule has 1 rings (SSSR count). The number of nitrogens with one attached hydrogen (secondary N) is 1. The fraction of sp³-hybridized carbons (Fsp3) is 0.556. The number of aliphatic hydroxyl groups is 2. The van der Waals surface area contributed by atoms with E-state index < -0.39 is 6.04 Å². The van der Waals surface area contributed by atoms with Crippen LogP contribution in [0, 0.1) is 0 Å². The lowest BCUT2D eigenvalue weighted by atomic mass is 10.3. The van der Waals surface area contributed by atoms with E-state index in [1.165, 1.54) is 6.33 Å². The first-order valence-corrected chi connectivity index (χ1v) is 5.08. The molecule has 0 aromatic carbocycles. The molecule has 0 unspecified atom stereocenters. The number of aromatic nitrogens is 2. The van der Waals surface area contributed by atoms with Crippen molar-refractivity contribution in [3.8, 4) is 0 Å². The monoisotopic (exact) mass is 231 g/mol. The molecule has 1 aromatic rings. The van der Waals surface area contributed by atoms with Gasteiger partial charge in [-0.15, -0.1) is 0 Å². The normalized spacial score (nSPS) is 10.7. The zero-order valence-electron chi connectivity index (χ0n) is 8.44. The van der Waals surface area contributed by atoms with Crippen molar-refractivity contribution in [1.29, 1.82) is 0 Å². The van der Waals surface area contributed by atoms with Crippen molar-refractivity contribution < 1.29 is 10.2 Å². The standard InChI is InChI=1S/C9H14ClN3O2/c1-2-7-8(10)9(12-5-11-7)13-6(3-14)4-15/h5-6,14-15H,2-4H2,1H3,(H,11,12,13). The number of aryl methyl sites for hydroxylation is 1. The topological polar surface area (TPSA) is 78.3 Å². The Bertz CT molecular complexity index is 318. The molecule has 0 saturated heterocycles. The van der Waals surface area contributed by atoms with Crippen LogP contribution in [0.25, 0.3) is 0 Å². The van der Waals surface area contributed by atoms with Crippen molar-refractivity contribution >= 4 is 17.4 Å². The minimum Gasteiger partial charge on any atom is -0.394 e. The highest BCUT2D eigenvalue weighted by molar-refractivity contribution is 6.33. The van der Waals surface area contributed by atoms with E-state index in [1.54, 1.807) is 0 Å². The minimum atomic E-state index is -0.456. The molecule has 0 bridgehead atoms. The highest BCUT2D eigenvalue weighted by Gasteiger charge is 2.11. The SMILES string of the molecule is CCc1ncnc(NC(CO)CO)c1Cl. The van der Waals surface area contributed by atoms with Crippen LogP contribution in [-0.2, 0) is 6.42 Å². The summed E-state index contributed by atoms with van der Waals surface area (Å²) in [6.07, 6.45) is 2.11. The second kappa shape index (κ2) is 5.85. The van der Waals surface area contributed by atoms with Gasteiger partial charge in [-0.3, -0.25) is 0 Å². The molecule has 1 aromatic heterocycles. The summed E-state index contributed by atoms with van der Waals surface area (Å²) in [7, 11) is 0. The van der Waals surface area contributed by atoms with Crippen LogP contribution >= 0.6 is 11.6 Å². The summed E-state index contributed by atoms with van der Waals surface area (Å²) in [6, 6.07) is -0.456. The van der Waals surface area contributed by atoms with Crippen molar-refractivity contribution in [2.45, 2.75) is 19.4 Å². The van der Waals surface area contributed by atoms with Gasteiger partial charge in [-0.05, 0) is 6.42 Å². The highest BCUT2D eigenvalue weighted by atomic mass is 35.5. The van der Waals surface area contributed by atoms with Gasteiger partial charge < -0.3 is 15.5 Å². The lowest BCUT2D eigenvalue weighted by Gasteiger charge is -2.15. The van der Waals surface area contributed by atoms with Gasteiger partial charge in [-0.25, -0.2) is 9.97 Å². The third kappa shape index (κ3) is 3.02. The molecule has 0 aliphatic carbocycles. The van der Waals surface area contributed by atoms with Gasteiger partial charge in [0.1, 0.15) is 17.2 Å². The smallest absolute Gasteiger partial charge is 0.148 e. The summed E-state index contributed by atoms with van der Waals surface area (Å²) in [4.78, 5) is 7.95. The van der Waals surface area contributed by atoms with Crippen molar-refractivity contribution in [2.75, 3.05) is 18.5 Å². The molecular formula is C9H14ClN3O2. The zero-order valence-corrected chi connectivity index (χ0v) is 9.20. The second-order valence-corrected chi connectivity index (χ2v) is 3.42. The Morgan fingerprint density at radius 2 is 2.07 bits per heavy atom. The Labute approximate surface area is 93.1 Å². The summed E-state index contributed by atoms with van der Waals surface area (Å²) >= 11 is 6.02. The molecule has 0 spiro atoms. The van der Waals surface area contributed by atoms with Crippen LogP contribution in [0.1, 0.15) is 12.6 Å². The molecule has 15 heavy (non-hydrogen) atoms. The Kier molecular flexibility index (Phi) is 4.74. The van der Waals surface area contributed by atoms with Gasteiger partial charge >= 0.3 is 0 Å². The lowest BCUT2D eigenvalue weighted by molar-refractivity contribution is 0.203. The quantitative estimate of drug-likeness (QED) is 0.686. The number of aliphatic hydroxyl groups excluding tert-OH is 2. The van der Waals surface area contributed by atoms with E-state index in [2.05, 4.69) is 15.3 Å². The van der Waals surface area contributed by atoms with Crippen molar-refractivity contribution in [2.24, 2.45) is 0 Å². The van der Waals surface area contributed by atoms with Gasteiger partial charge in [-0.2, -0.15) is 0 Å². The Hall–Kier alpha value is -0.910. The van der Waals surface area contributed by atoms with Crippen LogP contribution < -0.4 is 5.32 Å². The molecule has 0 atom stereocenters. The molecular weight excluding hydrogens is 218 g/mol. The number of halogens is 1. The lowest BCUT2D eigenvalue weighted by Crippen LogP contribution is -2.28. The minimum absolute atomic E-state index is 0.182. The first kappa shape index (κ1) is 12.2. The molecule has 1 heterocycles. The number of rotatable bonds is 5. The molecule has 6 heteroatoms. The largest absolute Gasteiger partial charge is 0.394 e. The van der Waals surface area contributed by atoms with Gasteiger partial charge in [-0.1, -0.05) is 18.5 Å². The van der Waals surface area contributed by atoms with E-state index in [0.717, 1.165) is 5.69 Å². The summed E-state index contributed by atoms with van der Waals surface area (Å²) in [5.74, 6) is 0.441. The predicted octanol–water partition coefficient (Wildman–Crippen LogP) is 0.458. The summed E-state index contributed by atoms with van der Waals surface area (Å²) < 4.78 is 0. The van der Waals surface area contributed by atoms with Gasteiger partial charge in [0.15, 0.2) is 0 Å². The van der Waals surface area contributed by atoms with Crippen LogP contribution in [-0.4, -0.2) is 39.4 Å². The molecule has 0 aliphatic heterocycles. The predicted molar refractivity (Wildman–Crippen MR) is 58.0 cm³/mol. The van der Waals surface area contributed by atoms with Gasteiger partial charge in [0, 0.05) is 0 Å². The molecule has 0 radical (unpaired) electrons. The van der Waals surface area contributed by atoms with Gasteiger partial charge in [0.05, 0.1) is 24.9 Å². The maximum absolute atomic E-state index is 8.90. The average molecular weight is 232 g/mol. The maximum atomic E-state index is 8.90. The van der Waals surface area contributed by atoms with Crippen LogP contribution in [0.3, 0.4) is 0 Å². The number of hydrogen-bond acceptors (Lipinski definition) is 5. The van der Waals surface area contributed by atoms with E-state index in [9.17, 15) is 0 Å². The number of anilines is 1. The zero-order chi connectivity index (χ0) is 11.3. The Morgan fingerprint density at radius 1 is 1.40 bits per heavy atom. The van der Waals surface area contributed by atoms with Crippen LogP contribution in [0.15, 0.2) is 6.33 Å². The molecule has 5 nitrogen and oxygen atoms in total. The third-order valence-corrected chi connectivity index (χ3v) is 2.38. The van der Waals surface area contributed by atoms with E-state index in [-0.39, 0.29) is 13.2 Å². The van der Waals surface area contributed by atoms with Crippen molar-refractivity contribution in [1.82, 2.24) is 9.97 Å². The fourth-order valence-electron chi connectivity index (χ4n) is 1.10. The van der Waals surface area contributed by atoms with E-state index >= 15 is 0 Å². The molecule has 0 amide bonds. The van der Waals surface area contributed by atoms with Crippen molar-refractivity contribution in [3.05, 3.63) is 17.0 Å². The molecule has 0 saturated carbocycles. The third-order valence-electron chi connectivity index (χ3n) is 1.98. The molecule has 3 N–H and O–H groups in total.